The molecule has 33 heavy (non-hydrogen) atoms. The van der Waals surface area contributed by atoms with Crippen LogP contribution in [0.1, 0.15) is 42.7 Å². The van der Waals surface area contributed by atoms with Gasteiger partial charge in [-0.2, -0.15) is 8.78 Å². The van der Waals surface area contributed by atoms with Gasteiger partial charge in [0.25, 0.3) is 5.89 Å². The number of hydrogen-bond acceptors (Lipinski definition) is 8. The molecule has 0 radical (unpaired) electrons. The van der Waals surface area contributed by atoms with E-state index in [1.54, 1.807) is 28.2 Å². The maximum absolute atomic E-state index is 12.6. The molecule has 4 aromatic heterocycles. The van der Waals surface area contributed by atoms with E-state index in [-0.39, 0.29) is 5.89 Å². The SMILES string of the molecule is CC1CCN(Cc2cc(-c3cn(Cc4ccc(-c5nnc(C(F)F)o5)cn4)nn3)cs2)CC1. The third-order valence-electron chi connectivity index (χ3n) is 5.77. The minimum Gasteiger partial charge on any atom is -0.415 e. The molecule has 0 spiro atoms. The molecule has 0 atom stereocenters. The second-order valence-corrected chi connectivity index (χ2v) is 9.34. The zero-order valence-electron chi connectivity index (χ0n) is 18.1. The van der Waals surface area contributed by atoms with Crippen molar-refractivity contribution in [1.29, 1.82) is 0 Å². The first kappa shape index (κ1) is 21.8. The van der Waals surface area contributed by atoms with Gasteiger partial charge < -0.3 is 4.42 Å². The van der Waals surface area contributed by atoms with E-state index in [0.29, 0.717) is 12.1 Å². The quantitative estimate of drug-likeness (QED) is 0.387. The molecule has 0 N–H and O–H groups in total. The maximum atomic E-state index is 12.6. The molecule has 0 bridgehead atoms. The molecule has 1 fully saturated rings. The smallest absolute Gasteiger partial charge is 0.314 e. The third kappa shape index (κ3) is 5.14. The summed E-state index contributed by atoms with van der Waals surface area (Å²) in [7, 11) is 0. The van der Waals surface area contributed by atoms with Crippen molar-refractivity contribution in [3.8, 4) is 22.7 Å². The molecule has 1 saturated heterocycles. The van der Waals surface area contributed by atoms with Gasteiger partial charge in [-0.1, -0.05) is 12.1 Å². The standard InChI is InChI=1S/C22H23F2N7OS/c1-14-4-6-30(7-5-14)11-18-8-16(13-33-18)19-12-31(29-26-19)10-17-3-2-15(9-25-17)21-27-28-22(32-21)20(23)24/h2-3,8-9,12-14,20H,4-7,10-11H2,1H3. The molecule has 8 nitrogen and oxygen atoms in total. The van der Waals surface area contributed by atoms with Crippen LogP contribution in [0.4, 0.5) is 8.78 Å². The minimum atomic E-state index is -2.80. The second-order valence-electron chi connectivity index (χ2n) is 8.35. The molecular weight excluding hydrogens is 448 g/mol. The van der Waals surface area contributed by atoms with Gasteiger partial charge in [0.1, 0.15) is 5.69 Å². The van der Waals surface area contributed by atoms with Crippen LogP contribution in [0.25, 0.3) is 22.7 Å². The van der Waals surface area contributed by atoms with Gasteiger partial charge in [0.05, 0.1) is 24.0 Å². The first-order valence-electron chi connectivity index (χ1n) is 10.8. The number of thiophene rings is 1. The van der Waals surface area contributed by atoms with Crippen molar-refractivity contribution in [2.24, 2.45) is 5.92 Å². The van der Waals surface area contributed by atoms with Crippen LogP contribution in [-0.2, 0) is 13.1 Å². The Morgan fingerprint density at radius 2 is 1.97 bits per heavy atom. The lowest BCUT2D eigenvalue weighted by molar-refractivity contribution is 0.116. The minimum absolute atomic E-state index is 0.0136. The van der Waals surface area contributed by atoms with Crippen LogP contribution in [0.5, 0.6) is 0 Å². The average molecular weight is 472 g/mol. The fourth-order valence-electron chi connectivity index (χ4n) is 3.80. The Morgan fingerprint density at radius 1 is 1.12 bits per heavy atom. The van der Waals surface area contributed by atoms with Crippen molar-refractivity contribution in [3.05, 3.63) is 52.4 Å². The number of nitrogens with zero attached hydrogens (tertiary/aromatic N) is 7. The average Bonchev–Trinajstić information content (AvgIpc) is 3.57. The zero-order valence-corrected chi connectivity index (χ0v) is 18.9. The van der Waals surface area contributed by atoms with Gasteiger partial charge in [0.15, 0.2) is 0 Å². The molecule has 0 saturated carbocycles. The van der Waals surface area contributed by atoms with Gasteiger partial charge >= 0.3 is 6.43 Å². The van der Waals surface area contributed by atoms with Crippen molar-refractivity contribution in [3.63, 3.8) is 0 Å². The van der Waals surface area contributed by atoms with E-state index in [0.717, 1.165) is 42.5 Å². The van der Waals surface area contributed by atoms with E-state index in [2.05, 4.69) is 48.8 Å². The molecular formula is C22H23F2N7OS. The highest BCUT2D eigenvalue weighted by Gasteiger charge is 2.18. The van der Waals surface area contributed by atoms with Gasteiger partial charge in [0, 0.05) is 28.6 Å². The summed E-state index contributed by atoms with van der Waals surface area (Å²) < 4.78 is 31.9. The van der Waals surface area contributed by atoms with E-state index < -0.39 is 12.3 Å². The summed E-state index contributed by atoms with van der Waals surface area (Å²) in [5.74, 6) is 0.143. The summed E-state index contributed by atoms with van der Waals surface area (Å²) in [4.78, 5) is 8.21. The summed E-state index contributed by atoms with van der Waals surface area (Å²) in [5.41, 5.74) is 3.12. The monoisotopic (exact) mass is 471 g/mol. The van der Waals surface area contributed by atoms with Gasteiger partial charge in [0.2, 0.25) is 5.89 Å². The highest BCUT2D eigenvalue weighted by Crippen LogP contribution is 2.27. The van der Waals surface area contributed by atoms with Crippen LogP contribution in [0, 0.1) is 5.92 Å². The third-order valence-corrected chi connectivity index (χ3v) is 6.69. The van der Waals surface area contributed by atoms with Crippen molar-refractivity contribution >= 4 is 11.3 Å². The molecule has 172 valence electrons. The van der Waals surface area contributed by atoms with E-state index in [4.69, 9.17) is 4.42 Å². The first-order valence-corrected chi connectivity index (χ1v) is 11.7. The van der Waals surface area contributed by atoms with Crippen LogP contribution in [0.15, 0.2) is 40.4 Å². The summed E-state index contributed by atoms with van der Waals surface area (Å²) in [5, 5.41) is 17.6. The molecule has 11 heteroatoms. The number of likely N-dealkylation sites (tertiary alicyclic amines) is 1. The second kappa shape index (κ2) is 9.44. The van der Waals surface area contributed by atoms with E-state index in [1.165, 1.54) is 23.9 Å². The number of rotatable bonds is 7. The number of aromatic nitrogens is 6. The summed E-state index contributed by atoms with van der Waals surface area (Å²) >= 11 is 1.76. The van der Waals surface area contributed by atoms with Crippen molar-refractivity contribution < 1.29 is 13.2 Å². The highest BCUT2D eigenvalue weighted by molar-refractivity contribution is 7.10. The molecule has 0 unspecified atom stereocenters. The predicted molar refractivity (Wildman–Crippen MR) is 119 cm³/mol. The summed E-state index contributed by atoms with van der Waals surface area (Å²) in [6, 6.07) is 5.67. The Bertz CT molecular complexity index is 1200. The Morgan fingerprint density at radius 3 is 2.70 bits per heavy atom. The maximum Gasteiger partial charge on any atom is 0.314 e. The topological polar surface area (TPSA) is 85.8 Å². The number of hydrogen-bond donors (Lipinski definition) is 0. The Hall–Kier alpha value is -3.05. The van der Waals surface area contributed by atoms with E-state index >= 15 is 0 Å². The lowest BCUT2D eigenvalue weighted by atomic mass is 9.99. The van der Waals surface area contributed by atoms with Crippen LogP contribution in [-0.4, -0.2) is 48.2 Å². The number of pyridine rings is 1. The number of alkyl halides is 2. The van der Waals surface area contributed by atoms with E-state index in [1.807, 2.05) is 6.20 Å². The predicted octanol–water partition coefficient (Wildman–Crippen LogP) is 4.67. The van der Waals surface area contributed by atoms with Crippen LogP contribution in [0.2, 0.25) is 0 Å². The fraction of sp³-hybridized carbons (Fsp3) is 0.409. The Labute approximate surface area is 193 Å². The van der Waals surface area contributed by atoms with Gasteiger partial charge in [-0.3, -0.25) is 9.88 Å². The van der Waals surface area contributed by atoms with Gasteiger partial charge in [-0.05, 0) is 50.0 Å². The summed E-state index contributed by atoms with van der Waals surface area (Å²) in [6.45, 7) is 6.07. The van der Waals surface area contributed by atoms with Crippen LogP contribution >= 0.6 is 11.3 Å². The molecule has 1 aliphatic rings. The molecule has 1 aliphatic heterocycles. The highest BCUT2D eigenvalue weighted by atomic mass is 32.1. The lowest BCUT2D eigenvalue weighted by Crippen LogP contribution is -2.32. The van der Waals surface area contributed by atoms with Crippen molar-refractivity contribution in [1.82, 2.24) is 35.1 Å². The largest absolute Gasteiger partial charge is 0.415 e. The van der Waals surface area contributed by atoms with Crippen molar-refractivity contribution in [2.75, 3.05) is 13.1 Å². The Balaban J connectivity index is 1.21. The van der Waals surface area contributed by atoms with E-state index in [9.17, 15) is 8.78 Å². The number of halogens is 2. The Kier molecular flexibility index (Phi) is 6.23. The lowest BCUT2D eigenvalue weighted by Gasteiger charge is -2.29. The molecule has 0 aromatic carbocycles. The van der Waals surface area contributed by atoms with Crippen LogP contribution in [0.3, 0.4) is 0 Å². The van der Waals surface area contributed by atoms with Gasteiger partial charge in [-0.15, -0.1) is 26.6 Å². The fourth-order valence-corrected chi connectivity index (χ4v) is 4.72. The van der Waals surface area contributed by atoms with Gasteiger partial charge in [-0.25, -0.2) is 4.68 Å². The number of piperidine rings is 1. The first-order chi connectivity index (χ1) is 16.0. The molecule has 0 aliphatic carbocycles. The summed E-state index contributed by atoms with van der Waals surface area (Å²) in [6.07, 6.45) is 3.16. The van der Waals surface area contributed by atoms with Crippen molar-refractivity contribution in [2.45, 2.75) is 39.3 Å². The normalized spacial score (nSPS) is 15.5. The molecule has 0 amide bonds. The van der Waals surface area contributed by atoms with Crippen LogP contribution < -0.4 is 0 Å². The zero-order chi connectivity index (χ0) is 22.8. The molecule has 5 rings (SSSR count). The molecule has 4 aromatic rings. The molecule has 5 heterocycles.